The van der Waals surface area contributed by atoms with Gasteiger partial charge >= 0.3 is 0 Å². The SMILES string of the molecule is COc1ccc(-c2nc3cnccc3o2)cc1NC(=O)c1cccs1. The summed E-state index contributed by atoms with van der Waals surface area (Å²) in [5.41, 5.74) is 2.62. The van der Waals surface area contributed by atoms with Crippen molar-refractivity contribution in [2.24, 2.45) is 0 Å². The second kappa shape index (κ2) is 6.37. The Balaban J connectivity index is 1.71. The maximum Gasteiger partial charge on any atom is 0.265 e. The number of benzene rings is 1. The molecule has 0 radical (unpaired) electrons. The molecular formula is C18H13N3O3S. The number of fused-ring (bicyclic) bond motifs is 1. The van der Waals surface area contributed by atoms with Gasteiger partial charge in [-0.25, -0.2) is 4.98 Å². The minimum Gasteiger partial charge on any atom is -0.495 e. The first-order valence-electron chi connectivity index (χ1n) is 7.48. The van der Waals surface area contributed by atoms with Crippen LogP contribution in [0.5, 0.6) is 5.75 Å². The van der Waals surface area contributed by atoms with Gasteiger partial charge < -0.3 is 14.5 Å². The molecule has 0 aliphatic heterocycles. The zero-order valence-corrected chi connectivity index (χ0v) is 14.0. The van der Waals surface area contributed by atoms with Crippen molar-refractivity contribution in [2.45, 2.75) is 0 Å². The quantitative estimate of drug-likeness (QED) is 0.596. The van der Waals surface area contributed by atoms with Crippen molar-refractivity contribution >= 4 is 34.0 Å². The number of thiophene rings is 1. The first-order valence-corrected chi connectivity index (χ1v) is 8.36. The Morgan fingerprint density at radius 1 is 1.28 bits per heavy atom. The number of rotatable bonds is 4. The topological polar surface area (TPSA) is 77.2 Å². The maximum atomic E-state index is 12.3. The first-order chi connectivity index (χ1) is 12.2. The van der Waals surface area contributed by atoms with Gasteiger partial charge in [0.25, 0.3) is 5.91 Å². The summed E-state index contributed by atoms with van der Waals surface area (Å²) in [6.07, 6.45) is 3.29. The summed E-state index contributed by atoms with van der Waals surface area (Å²) in [5.74, 6) is 0.830. The van der Waals surface area contributed by atoms with Gasteiger partial charge in [-0.3, -0.25) is 9.78 Å². The van der Waals surface area contributed by atoms with Crippen molar-refractivity contribution in [3.05, 3.63) is 59.0 Å². The third-order valence-electron chi connectivity index (χ3n) is 3.63. The normalized spacial score (nSPS) is 10.8. The Labute approximate surface area is 147 Å². The largest absolute Gasteiger partial charge is 0.495 e. The van der Waals surface area contributed by atoms with E-state index in [-0.39, 0.29) is 5.91 Å². The fourth-order valence-corrected chi connectivity index (χ4v) is 3.05. The van der Waals surface area contributed by atoms with E-state index in [0.29, 0.717) is 33.3 Å². The van der Waals surface area contributed by atoms with Gasteiger partial charge in [-0.2, -0.15) is 0 Å². The van der Waals surface area contributed by atoms with E-state index in [1.807, 2.05) is 17.5 Å². The van der Waals surface area contributed by atoms with Crippen molar-refractivity contribution in [1.29, 1.82) is 0 Å². The lowest BCUT2D eigenvalue weighted by molar-refractivity contribution is 0.103. The van der Waals surface area contributed by atoms with Crippen LogP contribution in [0.25, 0.3) is 22.6 Å². The van der Waals surface area contributed by atoms with Gasteiger partial charge in [0.2, 0.25) is 5.89 Å². The van der Waals surface area contributed by atoms with E-state index in [1.165, 1.54) is 11.3 Å². The van der Waals surface area contributed by atoms with Gasteiger partial charge in [0, 0.05) is 17.8 Å². The molecule has 0 saturated carbocycles. The number of carbonyl (C=O) groups excluding carboxylic acids is 1. The minimum absolute atomic E-state index is 0.188. The molecule has 0 atom stereocenters. The summed E-state index contributed by atoms with van der Waals surface area (Å²) in [6, 6.07) is 10.7. The zero-order valence-electron chi connectivity index (χ0n) is 13.2. The van der Waals surface area contributed by atoms with Crippen molar-refractivity contribution < 1.29 is 13.9 Å². The van der Waals surface area contributed by atoms with E-state index in [4.69, 9.17) is 9.15 Å². The summed E-state index contributed by atoms with van der Waals surface area (Å²) in [6.45, 7) is 0. The molecule has 3 aromatic heterocycles. The minimum atomic E-state index is -0.188. The lowest BCUT2D eigenvalue weighted by atomic mass is 10.2. The molecule has 0 fully saturated rings. The van der Waals surface area contributed by atoms with Gasteiger partial charge in [-0.15, -0.1) is 11.3 Å². The van der Waals surface area contributed by atoms with Gasteiger partial charge in [-0.1, -0.05) is 6.07 Å². The van der Waals surface area contributed by atoms with Crippen molar-refractivity contribution in [3.8, 4) is 17.2 Å². The molecule has 1 N–H and O–H groups in total. The molecule has 25 heavy (non-hydrogen) atoms. The van der Waals surface area contributed by atoms with Gasteiger partial charge in [-0.05, 0) is 29.6 Å². The average Bonchev–Trinajstić information content (AvgIpc) is 3.31. The molecule has 0 saturated heterocycles. The summed E-state index contributed by atoms with van der Waals surface area (Å²) in [5, 5.41) is 4.73. The van der Waals surface area contributed by atoms with Gasteiger partial charge in [0.05, 0.1) is 23.9 Å². The number of anilines is 1. The molecule has 4 rings (SSSR count). The summed E-state index contributed by atoms with van der Waals surface area (Å²) in [7, 11) is 1.56. The van der Waals surface area contributed by atoms with Crippen LogP contribution in [-0.4, -0.2) is 23.0 Å². The molecule has 1 aromatic carbocycles. The highest BCUT2D eigenvalue weighted by molar-refractivity contribution is 7.12. The second-order valence-electron chi connectivity index (χ2n) is 5.21. The van der Waals surface area contributed by atoms with Crippen LogP contribution in [-0.2, 0) is 0 Å². The van der Waals surface area contributed by atoms with E-state index in [2.05, 4.69) is 15.3 Å². The average molecular weight is 351 g/mol. The highest BCUT2D eigenvalue weighted by atomic mass is 32.1. The lowest BCUT2D eigenvalue weighted by Gasteiger charge is -2.10. The Morgan fingerprint density at radius 2 is 2.20 bits per heavy atom. The van der Waals surface area contributed by atoms with Crippen molar-refractivity contribution in [2.75, 3.05) is 12.4 Å². The lowest BCUT2D eigenvalue weighted by Crippen LogP contribution is -2.11. The number of oxazole rings is 1. The third kappa shape index (κ3) is 2.97. The second-order valence-corrected chi connectivity index (χ2v) is 6.16. The van der Waals surface area contributed by atoms with E-state index in [1.54, 1.807) is 43.8 Å². The molecule has 124 valence electrons. The molecule has 4 aromatic rings. The Morgan fingerprint density at radius 3 is 2.96 bits per heavy atom. The fraction of sp³-hybridized carbons (Fsp3) is 0.0556. The van der Waals surface area contributed by atoms with Crippen LogP contribution >= 0.6 is 11.3 Å². The van der Waals surface area contributed by atoms with Crippen LogP contribution in [0, 0.1) is 0 Å². The smallest absolute Gasteiger partial charge is 0.265 e. The van der Waals surface area contributed by atoms with Crippen LogP contribution in [0.3, 0.4) is 0 Å². The number of hydrogen-bond donors (Lipinski definition) is 1. The number of carbonyl (C=O) groups is 1. The number of ether oxygens (including phenoxy) is 1. The number of amides is 1. The zero-order chi connectivity index (χ0) is 17.2. The third-order valence-corrected chi connectivity index (χ3v) is 4.50. The molecule has 0 bridgehead atoms. The van der Waals surface area contributed by atoms with Crippen LogP contribution in [0.4, 0.5) is 5.69 Å². The molecule has 0 aliphatic carbocycles. The van der Waals surface area contributed by atoms with Crippen LogP contribution in [0.1, 0.15) is 9.67 Å². The van der Waals surface area contributed by atoms with Crippen molar-refractivity contribution in [1.82, 2.24) is 9.97 Å². The number of nitrogens with one attached hydrogen (secondary N) is 1. The molecule has 7 heteroatoms. The predicted molar refractivity (Wildman–Crippen MR) is 96.1 cm³/mol. The monoisotopic (exact) mass is 351 g/mol. The number of methoxy groups -OCH3 is 1. The molecule has 0 aliphatic rings. The maximum absolute atomic E-state index is 12.3. The fourth-order valence-electron chi connectivity index (χ4n) is 2.43. The number of aromatic nitrogens is 2. The van der Waals surface area contributed by atoms with E-state index >= 15 is 0 Å². The number of nitrogens with zero attached hydrogens (tertiary/aromatic N) is 2. The Kier molecular flexibility index (Phi) is 3.91. The molecule has 1 amide bonds. The van der Waals surface area contributed by atoms with E-state index in [9.17, 15) is 4.79 Å². The highest BCUT2D eigenvalue weighted by Gasteiger charge is 2.14. The molecule has 6 nitrogen and oxygen atoms in total. The summed E-state index contributed by atoms with van der Waals surface area (Å²) < 4.78 is 11.1. The van der Waals surface area contributed by atoms with Crippen molar-refractivity contribution in [3.63, 3.8) is 0 Å². The number of pyridine rings is 1. The Hall–Kier alpha value is -3.19. The summed E-state index contributed by atoms with van der Waals surface area (Å²) >= 11 is 1.38. The standard InChI is InChI=1S/C18H13N3O3S/c1-23-14-5-4-11(18-21-13-10-19-7-6-15(13)24-18)9-12(14)20-17(22)16-3-2-8-25-16/h2-10H,1H3,(H,20,22). The Bertz CT molecular complexity index is 1010. The first kappa shape index (κ1) is 15.3. The van der Waals surface area contributed by atoms with E-state index in [0.717, 1.165) is 5.56 Å². The van der Waals surface area contributed by atoms with Crippen LogP contribution in [0.2, 0.25) is 0 Å². The molecule has 3 heterocycles. The predicted octanol–water partition coefficient (Wildman–Crippen LogP) is 4.21. The molecule has 0 unspecified atom stereocenters. The van der Waals surface area contributed by atoms with Crippen LogP contribution in [0.15, 0.2) is 58.6 Å². The summed E-state index contributed by atoms with van der Waals surface area (Å²) in [4.78, 5) is 21.4. The molecule has 0 spiro atoms. The number of hydrogen-bond acceptors (Lipinski definition) is 6. The van der Waals surface area contributed by atoms with Crippen LogP contribution < -0.4 is 10.1 Å². The van der Waals surface area contributed by atoms with Gasteiger partial charge in [0.15, 0.2) is 5.58 Å². The van der Waals surface area contributed by atoms with Gasteiger partial charge in [0.1, 0.15) is 11.3 Å². The molecular weight excluding hydrogens is 338 g/mol. The van der Waals surface area contributed by atoms with E-state index < -0.39 is 0 Å². The highest BCUT2D eigenvalue weighted by Crippen LogP contribution is 2.32.